The summed E-state index contributed by atoms with van der Waals surface area (Å²) in [7, 11) is -3.37. The number of aromatic nitrogens is 2. The Morgan fingerprint density at radius 2 is 1.97 bits per heavy atom. The second-order valence-corrected chi connectivity index (χ2v) is 11.0. The summed E-state index contributed by atoms with van der Waals surface area (Å²) >= 11 is 0. The van der Waals surface area contributed by atoms with Gasteiger partial charge >= 0.3 is 0 Å². The molecule has 1 aromatic heterocycles. The van der Waals surface area contributed by atoms with Crippen molar-refractivity contribution in [3.63, 3.8) is 0 Å². The van der Waals surface area contributed by atoms with Crippen LogP contribution in [0.1, 0.15) is 43.4 Å². The average Bonchev–Trinajstić information content (AvgIpc) is 3.26. The highest BCUT2D eigenvalue weighted by atomic mass is 32.2. The highest BCUT2D eigenvalue weighted by Crippen LogP contribution is 2.32. The van der Waals surface area contributed by atoms with E-state index >= 15 is 0 Å². The molecule has 6 nitrogen and oxygen atoms in total. The molecular weight excluding hydrogens is 410 g/mol. The van der Waals surface area contributed by atoms with Crippen LogP contribution in [0.4, 0.5) is 0 Å². The minimum atomic E-state index is -3.37. The molecule has 0 bridgehead atoms. The SMILES string of the molecule is O=S(=O)(CC1CC1)c1ncc(CN2CC=C(c3ccccc3)CC2)n1CC1CCCO1. The fraction of sp³-hybridized carbons (Fsp3) is 0.542. The lowest BCUT2D eigenvalue weighted by Crippen LogP contribution is -2.30. The molecule has 3 aliphatic rings. The Kier molecular flexibility index (Phi) is 5.99. The zero-order valence-corrected chi connectivity index (χ0v) is 18.8. The fourth-order valence-corrected chi connectivity index (χ4v) is 6.47. The summed E-state index contributed by atoms with van der Waals surface area (Å²) in [6.07, 6.45) is 9.19. The van der Waals surface area contributed by atoms with Gasteiger partial charge in [0, 0.05) is 26.2 Å². The molecular formula is C24H31N3O3S. The molecule has 1 aliphatic carbocycles. The molecule has 1 atom stereocenters. The highest BCUT2D eigenvalue weighted by Gasteiger charge is 2.33. The number of sulfone groups is 1. The van der Waals surface area contributed by atoms with Gasteiger partial charge in [-0.15, -0.1) is 0 Å². The van der Waals surface area contributed by atoms with Crippen molar-refractivity contribution in [2.45, 2.75) is 56.5 Å². The van der Waals surface area contributed by atoms with E-state index in [1.165, 1.54) is 11.1 Å². The fourth-order valence-electron chi connectivity index (χ4n) is 4.62. The van der Waals surface area contributed by atoms with Gasteiger partial charge in [-0.25, -0.2) is 13.4 Å². The lowest BCUT2D eigenvalue weighted by molar-refractivity contribution is 0.0933. The molecule has 0 amide bonds. The Bertz CT molecular complexity index is 1040. The van der Waals surface area contributed by atoms with Gasteiger partial charge in [0.1, 0.15) is 0 Å². The highest BCUT2D eigenvalue weighted by molar-refractivity contribution is 7.91. The van der Waals surface area contributed by atoms with E-state index in [1.54, 1.807) is 6.20 Å². The predicted octanol–water partition coefficient (Wildman–Crippen LogP) is 3.54. The van der Waals surface area contributed by atoms with Crippen molar-refractivity contribution in [3.8, 4) is 0 Å². The first-order chi connectivity index (χ1) is 15.1. The number of hydrogen-bond acceptors (Lipinski definition) is 5. The molecule has 5 rings (SSSR count). The van der Waals surface area contributed by atoms with Crippen LogP contribution in [-0.4, -0.2) is 54.4 Å². The first kappa shape index (κ1) is 20.9. The van der Waals surface area contributed by atoms with Gasteiger partial charge in [0.2, 0.25) is 15.0 Å². The Labute approximate surface area is 184 Å². The van der Waals surface area contributed by atoms with E-state index < -0.39 is 9.84 Å². The molecule has 2 aromatic rings. The summed E-state index contributed by atoms with van der Waals surface area (Å²) in [6, 6.07) is 10.5. The quantitative estimate of drug-likeness (QED) is 0.627. The third kappa shape index (κ3) is 4.94. The minimum absolute atomic E-state index is 0.0776. The average molecular weight is 442 g/mol. The molecule has 0 radical (unpaired) electrons. The van der Waals surface area contributed by atoms with E-state index in [9.17, 15) is 8.42 Å². The van der Waals surface area contributed by atoms with Crippen molar-refractivity contribution in [2.24, 2.45) is 5.92 Å². The third-order valence-corrected chi connectivity index (χ3v) is 8.36. The molecule has 3 heterocycles. The maximum atomic E-state index is 13.0. The van der Waals surface area contributed by atoms with Crippen molar-refractivity contribution in [3.05, 3.63) is 53.9 Å². The summed E-state index contributed by atoms with van der Waals surface area (Å²) in [5.74, 6) is 0.534. The van der Waals surface area contributed by atoms with Crippen LogP contribution < -0.4 is 0 Å². The molecule has 2 fully saturated rings. The molecule has 7 heteroatoms. The predicted molar refractivity (Wildman–Crippen MR) is 120 cm³/mol. The number of hydrogen-bond donors (Lipinski definition) is 0. The van der Waals surface area contributed by atoms with Crippen molar-refractivity contribution in [1.29, 1.82) is 0 Å². The summed E-state index contributed by atoms with van der Waals surface area (Å²) in [5.41, 5.74) is 3.65. The number of imidazole rings is 1. The molecule has 1 unspecified atom stereocenters. The molecule has 166 valence electrons. The van der Waals surface area contributed by atoms with Gasteiger partial charge in [-0.1, -0.05) is 36.4 Å². The van der Waals surface area contributed by atoms with Gasteiger partial charge in [0.05, 0.1) is 30.3 Å². The van der Waals surface area contributed by atoms with Crippen LogP contribution >= 0.6 is 0 Å². The van der Waals surface area contributed by atoms with E-state index in [0.717, 1.165) is 57.5 Å². The minimum Gasteiger partial charge on any atom is -0.376 e. The number of benzene rings is 1. The van der Waals surface area contributed by atoms with E-state index in [2.05, 4.69) is 40.2 Å². The summed E-state index contributed by atoms with van der Waals surface area (Å²) in [4.78, 5) is 6.78. The van der Waals surface area contributed by atoms with Crippen LogP contribution in [-0.2, 0) is 27.7 Å². The summed E-state index contributed by atoms with van der Waals surface area (Å²) in [5, 5.41) is 0.238. The maximum Gasteiger partial charge on any atom is 0.227 e. The molecule has 2 aliphatic heterocycles. The van der Waals surface area contributed by atoms with Gasteiger partial charge < -0.3 is 9.30 Å². The van der Waals surface area contributed by atoms with Gasteiger partial charge in [0.15, 0.2) is 0 Å². The van der Waals surface area contributed by atoms with Crippen LogP contribution in [0.15, 0.2) is 47.8 Å². The maximum absolute atomic E-state index is 13.0. The monoisotopic (exact) mass is 441 g/mol. The molecule has 0 spiro atoms. The first-order valence-corrected chi connectivity index (χ1v) is 13.1. The van der Waals surface area contributed by atoms with Gasteiger partial charge in [-0.3, -0.25) is 4.90 Å². The Morgan fingerprint density at radius 1 is 1.13 bits per heavy atom. The van der Waals surface area contributed by atoms with E-state index in [0.29, 0.717) is 19.0 Å². The number of rotatable bonds is 8. The van der Waals surface area contributed by atoms with Gasteiger partial charge in [0.25, 0.3) is 0 Å². The summed E-state index contributed by atoms with van der Waals surface area (Å²) in [6.45, 7) is 3.86. The zero-order chi connectivity index (χ0) is 21.3. The molecule has 31 heavy (non-hydrogen) atoms. The zero-order valence-electron chi connectivity index (χ0n) is 17.9. The number of nitrogens with zero attached hydrogens (tertiary/aromatic N) is 3. The smallest absolute Gasteiger partial charge is 0.227 e. The summed E-state index contributed by atoms with van der Waals surface area (Å²) < 4.78 is 33.8. The van der Waals surface area contributed by atoms with Crippen LogP contribution in [0.3, 0.4) is 0 Å². The molecule has 1 aromatic carbocycles. The van der Waals surface area contributed by atoms with Crippen molar-refractivity contribution in [2.75, 3.05) is 25.4 Å². The second-order valence-electron chi connectivity index (χ2n) is 9.08. The van der Waals surface area contributed by atoms with Crippen LogP contribution in [0.5, 0.6) is 0 Å². The van der Waals surface area contributed by atoms with E-state index in [4.69, 9.17) is 4.74 Å². The van der Waals surface area contributed by atoms with E-state index in [1.807, 2.05) is 10.6 Å². The van der Waals surface area contributed by atoms with Crippen LogP contribution in [0, 0.1) is 5.92 Å². The van der Waals surface area contributed by atoms with Crippen molar-refractivity contribution in [1.82, 2.24) is 14.5 Å². The Hall–Kier alpha value is -1.96. The molecule has 1 saturated carbocycles. The molecule has 0 N–H and O–H groups in total. The second kappa shape index (κ2) is 8.88. The van der Waals surface area contributed by atoms with Gasteiger partial charge in [-0.05, 0) is 49.2 Å². The van der Waals surface area contributed by atoms with Gasteiger partial charge in [-0.2, -0.15) is 0 Å². The van der Waals surface area contributed by atoms with E-state index in [-0.39, 0.29) is 17.0 Å². The normalized spacial score (nSPS) is 22.6. The third-order valence-electron chi connectivity index (χ3n) is 6.57. The van der Waals surface area contributed by atoms with Crippen LogP contribution in [0.2, 0.25) is 0 Å². The van der Waals surface area contributed by atoms with Crippen molar-refractivity contribution >= 4 is 15.4 Å². The van der Waals surface area contributed by atoms with Crippen LogP contribution in [0.25, 0.3) is 5.57 Å². The molecule has 1 saturated heterocycles. The van der Waals surface area contributed by atoms with Crippen molar-refractivity contribution < 1.29 is 13.2 Å². The Balaban J connectivity index is 1.34. The Morgan fingerprint density at radius 3 is 2.65 bits per heavy atom. The standard InChI is InChI=1S/C24H31N3O3S/c28-31(29,18-19-8-9-19)24-25-15-22(27(24)17-23-7-4-14-30-23)16-26-12-10-21(11-13-26)20-5-2-1-3-6-20/h1-3,5-6,10,15,19,23H,4,7-9,11-14,16-18H2. The largest absolute Gasteiger partial charge is 0.376 e. The lowest BCUT2D eigenvalue weighted by Gasteiger charge is -2.27. The lowest BCUT2D eigenvalue weighted by atomic mass is 9.99. The first-order valence-electron chi connectivity index (χ1n) is 11.4. The number of ether oxygens (including phenoxy) is 1. The topological polar surface area (TPSA) is 64.4 Å².